The minimum absolute atomic E-state index is 0.0162. The van der Waals surface area contributed by atoms with Crippen LogP contribution in [0.15, 0.2) is 0 Å². The van der Waals surface area contributed by atoms with Crippen LogP contribution in [-0.2, 0) is 23.9 Å². The average molecular weight is 262 g/mol. The highest BCUT2D eigenvalue weighted by Crippen LogP contribution is 1.99. The third-order valence-corrected chi connectivity index (χ3v) is 1.70. The molecule has 0 aromatic carbocycles. The van der Waals surface area contributed by atoms with Crippen molar-refractivity contribution in [3.8, 4) is 0 Å². The predicted molar refractivity (Wildman–Crippen MR) is 61.7 cm³/mol. The number of thiocarbonyl (C=S) groups is 1. The van der Waals surface area contributed by atoms with Crippen LogP contribution < -0.4 is 11.5 Å². The summed E-state index contributed by atoms with van der Waals surface area (Å²) in [6.45, 7) is 0.933. The monoisotopic (exact) mass is 262 g/mol. The van der Waals surface area contributed by atoms with Gasteiger partial charge < -0.3 is 20.9 Å². The second-order valence-electron chi connectivity index (χ2n) is 3.18. The molecular formula is C9H14N2O5S. The summed E-state index contributed by atoms with van der Waals surface area (Å²) in [5.74, 6) is -2.20. The molecule has 1 atom stereocenters. The summed E-state index contributed by atoms with van der Waals surface area (Å²) in [7, 11) is 0. The van der Waals surface area contributed by atoms with Crippen LogP contribution in [0.3, 0.4) is 0 Å². The first-order chi connectivity index (χ1) is 7.82. The maximum atomic E-state index is 11.1. The summed E-state index contributed by atoms with van der Waals surface area (Å²) in [5, 5.41) is 0. The summed E-state index contributed by atoms with van der Waals surface area (Å²) in [4.78, 5) is 32.7. The molecule has 0 rings (SSSR count). The van der Waals surface area contributed by atoms with Crippen molar-refractivity contribution in [1.29, 1.82) is 0 Å². The highest BCUT2D eigenvalue weighted by Gasteiger charge is 2.18. The predicted octanol–water partition coefficient (Wildman–Crippen LogP) is -0.987. The van der Waals surface area contributed by atoms with Crippen molar-refractivity contribution in [2.45, 2.75) is 25.8 Å². The van der Waals surface area contributed by atoms with Gasteiger partial charge in [-0.3, -0.25) is 9.59 Å². The fraction of sp³-hybridized carbons (Fsp3) is 0.556. The van der Waals surface area contributed by atoms with Crippen molar-refractivity contribution in [2.75, 3.05) is 6.61 Å². The Balaban J connectivity index is 3.86. The van der Waals surface area contributed by atoms with Crippen molar-refractivity contribution in [2.24, 2.45) is 11.5 Å². The second-order valence-corrected chi connectivity index (χ2v) is 3.71. The fourth-order valence-corrected chi connectivity index (χ4v) is 0.891. The lowest BCUT2D eigenvalue weighted by molar-refractivity contribution is -0.159. The second kappa shape index (κ2) is 7.69. The van der Waals surface area contributed by atoms with E-state index in [9.17, 15) is 14.4 Å². The number of carbonyl (C=O) groups excluding carboxylic acids is 3. The lowest BCUT2D eigenvalue weighted by Crippen LogP contribution is -2.34. The zero-order valence-electron chi connectivity index (χ0n) is 9.30. The molecule has 0 saturated carbocycles. The SMILES string of the molecule is CC(=O)OC(=O)[C@@H](N)CCC(=O)OCC(N)=S. The minimum Gasteiger partial charge on any atom is -0.458 e. The van der Waals surface area contributed by atoms with Crippen LogP contribution in [0.25, 0.3) is 0 Å². The zero-order chi connectivity index (χ0) is 13.4. The number of hydrogen-bond acceptors (Lipinski definition) is 7. The lowest BCUT2D eigenvalue weighted by atomic mass is 10.2. The number of hydrogen-bond donors (Lipinski definition) is 2. The molecule has 8 heteroatoms. The van der Waals surface area contributed by atoms with Gasteiger partial charge in [-0.25, -0.2) is 4.79 Å². The minimum atomic E-state index is -1.05. The van der Waals surface area contributed by atoms with Gasteiger partial charge >= 0.3 is 17.9 Å². The quantitative estimate of drug-likeness (QED) is 0.355. The van der Waals surface area contributed by atoms with Gasteiger partial charge in [0.1, 0.15) is 17.6 Å². The molecule has 0 aliphatic heterocycles. The van der Waals surface area contributed by atoms with Gasteiger partial charge in [0.05, 0.1) is 0 Å². The molecule has 17 heavy (non-hydrogen) atoms. The topological polar surface area (TPSA) is 122 Å². The van der Waals surface area contributed by atoms with Gasteiger partial charge in [0.2, 0.25) is 0 Å². The molecule has 4 N–H and O–H groups in total. The molecule has 0 aromatic rings. The van der Waals surface area contributed by atoms with Crippen molar-refractivity contribution < 1.29 is 23.9 Å². The number of nitrogens with two attached hydrogens (primary N) is 2. The van der Waals surface area contributed by atoms with Gasteiger partial charge in [-0.1, -0.05) is 12.2 Å². The zero-order valence-corrected chi connectivity index (χ0v) is 10.1. The van der Waals surface area contributed by atoms with Gasteiger partial charge in [-0.2, -0.15) is 0 Å². The summed E-state index contributed by atoms with van der Waals surface area (Å²) in [6, 6.07) is -1.05. The third-order valence-electron chi connectivity index (χ3n) is 1.58. The third kappa shape index (κ3) is 8.29. The number of ether oxygens (including phenoxy) is 2. The van der Waals surface area contributed by atoms with Crippen molar-refractivity contribution in [1.82, 2.24) is 0 Å². The van der Waals surface area contributed by atoms with Gasteiger partial charge in [0.15, 0.2) is 0 Å². The molecule has 0 fully saturated rings. The Kier molecular flexibility index (Phi) is 6.99. The molecule has 0 spiro atoms. The van der Waals surface area contributed by atoms with Crippen LogP contribution in [0.1, 0.15) is 19.8 Å². The fourth-order valence-electron chi connectivity index (χ4n) is 0.832. The molecule has 0 unspecified atom stereocenters. The largest absolute Gasteiger partial charge is 0.458 e. The van der Waals surface area contributed by atoms with Crippen LogP contribution >= 0.6 is 12.2 Å². The first-order valence-corrected chi connectivity index (χ1v) is 5.15. The molecule has 0 bridgehead atoms. The van der Waals surface area contributed by atoms with Crippen LogP contribution in [0.5, 0.6) is 0 Å². The first-order valence-electron chi connectivity index (χ1n) is 4.74. The average Bonchev–Trinajstić information content (AvgIpc) is 2.21. The Hall–Kier alpha value is -1.54. The molecule has 0 radical (unpaired) electrons. The Morgan fingerprint density at radius 2 is 1.94 bits per heavy atom. The van der Waals surface area contributed by atoms with E-state index in [0.29, 0.717) is 0 Å². The maximum Gasteiger partial charge on any atom is 0.330 e. The summed E-state index contributed by atoms with van der Waals surface area (Å²) in [5.41, 5.74) is 10.5. The smallest absolute Gasteiger partial charge is 0.330 e. The number of rotatable bonds is 6. The molecular weight excluding hydrogens is 248 g/mol. The van der Waals surface area contributed by atoms with E-state index in [1.54, 1.807) is 0 Å². The Morgan fingerprint density at radius 3 is 2.41 bits per heavy atom. The highest BCUT2D eigenvalue weighted by molar-refractivity contribution is 7.80. The molecule has 0 aromatic heterocycles. The van der Waals surface area contributed by atoms with Gasteiger partial charge in [0.25, 0.3) is 0 Å². The van der Waals surface area contributed by atoms with E-state index in [2.05, 4.69) is 21.7 Å². The van der Waals surface area contributed by atoms with Gasteiger partial charge in [-0.15, -0.1) is 0 Å². The van der Waals surface area contributed by atoms with E-state index >= 15 is 0 Å². The molecule has 0 amide bonds. The van der Waals surface area contributed by atoms with Crippen molar-refractivity contribution in [3.63, 3.8) is 0 Å². The summed E-state index contributed by atoms with van der Waals surface area (Å²) in [6.07, 6.45) is -0.0704. The van der Waals surface area contributed by atoms with E-state index in [0.717, 1.165) is 6.92 Å². The molecule has 7 nitrogen and oxygen atoms in total. The van der Waals surface area contributed by atoms with Gasteiger partial charge in [0, 0.05) is 13.3 Å². The van der Waals surface area contributed by atoms with Crippen LogP contribution in [0.4, 0.5) is 0 Å². The normalized spacial score (nSPS) is 11.4. The standard InChI is InChI=1S/C9H14N2O5S/c1-5(12)16-9(14)6(10)2-3-8(13)15-4-7(11)17/h6H,2-4,10H2,1H3,(H2,11,17)/t6-/m0/s1. The van der Waals surface area contributed by atoms with E-state index in [1.165, 1.54) is 0 Å². The van der Waals surface area contributed by atoms with Crippen molar-refractivity contribution in [3.05, 3.63) is 0 Å². The van der Waals surface area contributed by atoms with E-state index < -0.39 is 23.9 Å². The van der Waals surface area contributed by atoms with E-state index in [1.807, 2.05) is 0 Å². The van der Waals surface area contributed by atoms with Crippen LogP contribution in [0, 0.1) is 0 Å². The lowest BCUT2D eigenvalue weighted by Gasteiger charge is -2.08. The Labute approximate surface area is 103 Å². The highest BCUT2D eigenvalue weighted by atomic mass is 32.1. The Bertz CT molecular complexity index is 331. The summed E-state index contributed by atoms with van der Waals surface area (Å²) >= 11 is 4.50. The Morgan fingerprint density at radius 1 is 1.35 bits per heavy atom. The molecule has 96 valence electrons. The molecule has 0 saturated heterocycles. The molecule has 0 aliphatic rings. The van der Waals surface area contributed by atoms with Crippen LogP contribution in [-0.4, -0.2) is 35.5 Å². The number of carbonyl (C=O) groups is 3. The number of esters is 3. The van der Waals surface area contributed by atoms with Crippen LogP contribution in [0.2, 0.25) is 0 Å². The van der Waals surface area contributed by atoms with E-state index in [-0.39, 0.29) is 24.4 Å². The van der Waals surface area contributed by atoms with E-state index in [4.69, 9.17) is 11.5 Å². The summed E-state index contributed by atoms with van der Waals surface area (Å²) < 4.78 is 8.88. The van der Waals surface area contributed by atoms with Gasteiger partial charge in [-0.05, 0) is 6.42 Å². The first kappa shape index (κ1) is 15.5. The maximum absolute atomic E-state index is 11.1. The molecule has 0 aliphatic carbocycles. The van der Waals surface area contributed by atoms with Crippen molar-refractivity contribution >= 4 is 35.1 Å². The molecule has 0 heterocycles.